The van der Waals surface area contributed by atoms with Crippen molar-refractivity contribution in [3.8, 4) is 0 Å². The summed E-state index contributed by atoms with van der Waals surface area (Å²) in [4.78, 5) is 39.0. The molecule has 4 aliphatic carbocycles. The highest BCUT2D eigenvalue weighted by Gasteiger charge is 2.87. The van der Waals surface area contributed by atoms with Crippen LogP contribution in [0.15, 0.2) is 23.3 Å². The number of Topliss-reactive ketones (excluding diaryl/α,β-unsaturated/α-hetero) is 1. The van der Waals surface area contributed by atoms with E-state index in [0.717, 1.165) is 19.3 Å². The number of carbonyl (C=O) groups is 3. The number of rotatable bonds is 13. The molecule has 0 aliphatic heterocycles. The van der Waals surface area contributed by atoms with Crippen molar-refractivity contribution in [3.05, 3.63) is 23.3 Å². The Labute approximate surface area is 250 Å². The molecular weight excluding hydrogens is 536 g/mol. The van der Waals surface area contributed by atoms with Crippen LogP contribution in [0.2, 0.25) is 0 Å². The number of aliphatic hydroxyl groups is 3. The molecule has 0 unspecified atom stereocenters. The zero-order chi connectivity index (χ0) is 31.1. The van der Waals surface area contributed by atoms with Crippen molar-refractivity contribution < 1.29 is 39.2 Å². The summed E-state index contributed by atoms with van der Waals surface area (Å²) in [5.41, 5.74) is -4.70. The Balaban J connectivity index is 1.59. The lowest BCUT2D eigenvalue weighted by atomic mass is 9.59. The van der Waals surface area contributed by atoms with Gasteiger partial charge in [0.25, 0.3) is 0 Å². The summed E-state index contributed by atoms with van der Waals surface area (Å²) in [5.74, 6) is -4.30. The first-order chi connectivity index (χ1) is 19.7. The van der Waals surface area contributed by atoms with E-state index >= 15 is 0 Å². The van der Waals surface area contributed by atoms with Crippen molar-refractivity contribution in [1.82, 2.24) is 0 Å². The predicted octanol–water partition coefficient (Wildman–Crippen LogP) is 4.97. The molecule has 8 atom stereocenters. The number of unbranched alkanes of at least 4 members (excludes halogenated alkanes) is 8. The average Bonchev–Trinajstić information content (AvgIpc) is 3.35. The highest BCUT2D eigenvalue weighted by molar-refractivity contribution is 6.04. The topological polar surface area (TPSA) is 130 Å². The van der Waals surface area contributed by atoms with Crippen molar-refractivity contribution in [3.63, 3.8) is 0 Å². The van der Waals surface area contributed by atoms with Crippen molar-refractivity contribution in [2.24, 2.45) is 29.1 Å². The van der Waals surface area contributed by atoms with Crippen molar-refractivity contribution in [2.45, 2.75) is 135 Å². The highest BCUT2D eigenvalue weighted by atomic mass is 16.6. The molecule has 4 aliphatic rings. The molecule has 8 nitrogen and oxygen atoms in total. The maximum atomic E-state index is 13.3. The van der Waals surface area contributed by atoms with Gasteiger partial charge in [-0.3, -0.25) is 14.4 Å². The second-order valence-electron chi connectivity index (χ2n) is 14.0. The van der Waals surface area contributed by atoms with Crippen LogP contribution in [0.5, 0.6) is 0 Å². The van der Waals surface area contributed by atoms with Crippen LogP contribution in [0.3, 0.4) is 0 Å². The smallest absolute Gasteiger partial charge is 0.306 e. The fraction of sp³-hybridized carbons (Fsp3) is 0.794. The van der Waals surface area contributed by atoms with E-state index in [1.807, 2.05) is 13.8 Å². The summed E-state index contributed by atoms with van der Waals surface area (Å²) >= 11 is 0. The summed E-state index contributed by atoms with van der Waals surface area (Å²) < 4.78 is 12.2. The van der Waals surface area contributed by atoms with E-state index in [9.17, 15) is 29.7 Å². The van der Waals surface area contributed by atoms with Gasteiger partial charge in [0.1, 0.15) is 11.7 Å². The number of esters is 2. The Kier molecular flexibility index (Phi) is 9.52. The van der Waals surface area contributed by atoms with E-state index in [2.05, 4.69) is 6.92 Å². The van der Waals surface area contributed by atoms with Crippen molar-refractivity contribution in [1.29, 1.82) is 0 Å². The van der Waals surface area contributed by atoms with Crippen LogP contribution < -0.4 is 0 Å². The number of hydrogen-bond donors (Lipinski definition) is 3. The molecule has 2 fully saturated rings. The summed E-state index contributed by atoms with van der Waals surface area (Å²) in [6, 6.07) is 0. The maximum absolute atomic E-state index is 13.3. The zero-order valence-corrected chi connectivity index (χ0v) is 26.4. The highest BCUT2D eigenvalue weighted by Crippen LogP contribution is 2.77. The molecule has 0 heterocycles. The van der Waals surface area contributed by atoms with Crippen LogP contribution >= 0.6 is 0 Å². The van der Waals surface area contributed by atoms with Gasteiger partial charge in [-0.2, -0.15) is 0 Å². The third-order valence-electron chi connectivity index (χ3n) is 11.0. The molecule has 0 radical (unpaired) electrons. The second-order valence-corrected chi connectivity index (χ2v) is 14.0. The van der Waals surface area contributed by atoms with E-state index in [1.54, 1.807) is 26.0 Å². The lowest BCUT2D eigenvalue weighted by molar-refractivity contribution is -0.228. The molecule has 4 rings (SSSR count). The zero-order valence-electron chi connectivity index (χ0n) is 26.4. The Morgan fingerprint density at radius 3 is 2.17 bits per heavy atom. The van der Waals surface area contributed by atoms with Crippen LogP contribution in [0.1, 0.15) is 112 Å². The molecule has 0 aromatic carbocycles. The van der Waals surface area contributed by atoms with Gasteiger partial charge in [-0.15, -0.1) is 0 Å². The van der Waals surface area contributed by atoms with Gasteiger partial charge in [-0.25, -0.2) is 0 Å². The molecular formula is C34H52O8. The van der Waals surface area contributed by atoms with Crippen LogP contribution in [-0.2, 0) is 23.9 Å². The molecule has 3 N–H and O–H groups in total. The average molecular weight is 589 g/mol. The number of carbonyl (C=O) groups excluding carboxylic acids is 3. The molecule has 0 saturated heterocycles. The summed E-state index contributed by atoms with van der Waals surface area (Å²) in [6.45, 7) is 10.4. The van der Waals surface area contributed by atoms with E-state index in [0.29, 0.717) is 17.6 Å². The molecule has 0 amide bonds. The van der Waals surface area contributed by atoms with Crippen molar-refractivity contribution >= 4 is 17.7 Å². The Morgan fingerprint density at radius 2 is 1.60 bits per heavy atom. The first kappa shape index (κ1) is 32.9. The number of ketones is 1. The van der Waals surface area contributed by atoms with E-state index in [-0.39, 0.29) is 25.4 Å². The molecule has 0 aromatic heterocycles. The van der Waals surface area contributed by atoms with Crippen molar-refractivity contribution in [2.75, 3.05) is 6.61 Å². The standard InChI is InChI=1S/C34H52O8/c1-7-8-9-10-11-12-13-14-15-16-27(37)42-34-28(31(34,5)6)25-18-24(20-35)19-32(39)26(17-21(2)29(32)38)33(25,40)22(3)30(34)41-23(4)36/h17-18,22,25-26,28,30,35,39-40H,7-16,19-20H2,1-6H3/t22-,25+,26-,28-,30+,32-,33-,34+/m1/s1. The van der Waals surface area contributed by atoms with Gasteiger partial charge in [0.05, 0.1) is 12.2 Å². The second kappa shape index (κ2) is 12.2. The van der Waals surface area contributed by atoms with Crippen LogP contribution in [0.4, 0.5) is 0 Å². The minimum absolute atomic E-state index is 0.108. The fourth-order valence-electron chi connectivity index (χ4n) is 8.82. The monoisotopic (exact) mass is 588 g/mol. The number of ether oxygens (including phenoxy) is 2. The molecule has 42 heavy (non-hydrogen) atoms. The van der Waals surface area contributed by atoms with E-state index in [4.69, 9.17) is 9.47 Å². The van der Waals surface area contributed by atoms with E-state index in [1.165, 1.54) is 39.0 Å². The van der Waals surface area contributed by atoms with Gasteiger partial charge in [-0.05, 0) is 24.5 Å². The van der Waals surface area contributed by atoms with Gasteiger partial charge < -0.3 is 24.8 Å². The quantitative estimate of drug-likeness (QED) is 0.156. The number of aliphatic hydroxyl groups excluding tert-OH is 1. The van der Waals surface area contributed by atoms with Gasteiger partial charge >= 0.3 is 11.9 Å². The molecule has 0 aromatic rings. The third-order valence-corrected chi connectivity index (χ3v) is 11.0. The Bertz CT molecular complexity index is 1120. The Morgan fingerprint density at radius 1 is 1.00 bits per heavy atom. The van der Waals surface area contributed by atoms with Gasteiger partial charge in [0, 0.05) is 48.9 Å². The van der Waals surface area contributed by atoms with Crippen LogP contribution in [0, 0.1) is 29.1 Å². The lowest BCUT2D eigenvalue weighted by Gasteiger charge is -2.53. The molecule has 2 saturated carbocycles. The normalized spacial score (nSPS) is 37.9. The first-order valence-electron chi connectivity index (χ1n) is 16.1. The van der Waals surface area contributed by atoms with Gasteiger partial charge in [-0.1, -0.05) is 91.2 Å². The molecule has 236 valence electrons. The van der Waals surface area contributed by atoms with Crippen LogP contribution in [0.25, 0.3) is 0 Å². The van der Waals surface area contributed by atoms with Crippen LogP contribution in [-0.4, -0.2) is 62.6 Å². The maximum Gasteiger partial charge on any atom is 0.306 e. The number of fused-ring (bicyclic) bond motifs is 5. The first-order valence-corrected chi connectivity index (χ1v) is 16.1. The van der Waals surface area contributed by atoms with Gasteiger partial charge in [0.2, 0.25) is 0 Å². The summed E-state index contributed by atoms with van der Waals surface area (Å²) in [7, 11) is 0. The van der Waals surface area contributed by atoms with E-state index < -0.39 is 63.7 Å². The molecule has 0 bridgehead atoms. The largest absolute Gasteiger partial charge is 0.458 e. The Hall–Kier alpha value is -2.03. The minimum atomic E-state index is -1.93. The fourth-order valence-corrected chi connectivity index (χ4v) is 8.82. The predicted molar refractivity (Wildman–Crippen MR) is 158 cm³/mol. The minimum Gasteiger partial charge on any atom is -0.458 e. The third kappa shape index (κ3) is 5.19. The number of hydrogen-bond acceptors (Lipinski definition) is 8. The molecule has 8 heteroatoms. The summed E-state index contributed by atoms with van der Waals surface area (Å²) in [5, 5.41) is 34.7. The van der Waals surface area contributed by atoms with Gasteiger partial charge in [0.15, 0.2) is 11.4 Å². The lowest BCUT2D eigenvalue weighted by Crippen LogP contribution is -2.66. The SMILES string of the molecule is CCCCCCCCCCCC(=O)O[C@@]12[C@H]([C@@H]3C=C(CO)C[C@]4(O)C(=O)C(C)=C[C@H]4[C@@]3(O)[C@H](C)[C@@H]1OC(C)=O)C2(C)C. The molecule has 0 spiro atoms. The summed E-state index contributed by atoms with van der Waals surface area (Å²) in [6.07, 6.45) is 12.7.